The average Bonchev–Trinajstić information content (AvgIpc) is 2.45. The Hall–Kier alpha value is -2.21. The Bertz CT molecular complexity index is 655. The second-order valence-corrected chi connectivity index (χ2v) is 5.29. The fraction of sp³-hybridized carbons (Fsp3) is 0.357. The molecule has 20 heavy (non-hydrogen) atoms. The van der Waals surface area contributed by atoms with Gasteiger partial charge in [0.2, 0.25) is 0 Å². The fourth-order valence-electron chi connectivity index (χ4n) is 2.02. The van der Waals surface area contributed by atoms with E-state index in [1.165, 1.54) is 6.07 Å². The highest BCUT2D eigenvalue weighted by Gasteiger charge is 2.25. The SMILES string of the molecule is CN(c1ccnc2c([N+](=O)[O-])cccc12)C(C)(C)CO. The van der Waals surface area contributed by atoms with E-state index in [2.05, 4.69) is 4.98 Å². The molecule has 1 heterocycles. The number of hydrogen-bond acceptors (Lipinski definition) is 5. The highest BCUT2D eigenvalue weighted by atomic mass is 16.6. The summed E-state index contributed by atoms with van der Waals surface area (Å²) in [5.74, 6) is 0. The van der Waals surface area contributed by atoms with E-state index in [4.69, 9.17) is 0 Å². The normalized spacial score (nSPS) is 11.6. The predicted molar refractivity (Wildman–Crippen MR) is 78.0 cm³/mol. The minimum Gasteiger partial charge on any atom is -0.394 e. The van der Waals surface area contributed by atoms with E-state index in [0.717, 1.165) is 5.69 Å². The number of anilines is 1. The summed E-state index contributed by atoms with van der Waals surface area (Å²) in [6.45, 7) is 3.77. The Kier molecular flexibility index (Phi) is 3.59. The molecule has 1 aromatic heterocycles. The van der Waals surface area contributed by atoms with Crippen molar-refractivity contribution in [2.45, 2.75) is 19.4 Å². The Morgan fingerprint density at radius 2 is 2.10 bits per heavy atom. The molecule has 0 bridgehead atoms. The molecule has 0 spiro atoms. The van der Waals surface area contributed by atoms with Crippen molar-refractivity contribution in [1.82, 2.24) is 4.98 Å². The van der Waals surface area contributed by atoms with Crippen LogP contribution in [0.5, 0.6) is 0 Å². The molecule has 0 atom stereocenters. The Morgan fingerprint density at radius 3 is 2.70 bits per heavy atom. The zero-order chi connectivity index (χ0) is 14.9. The van der Waals surface area contributed by atoms with Crippen molar-refractivity contribution in [3.63, 3.8) is 0 Å². The third-order valence-electron chi connectivity index (χ3n) is 3.58. The molecule has 0 unspecified atom stereocenters. The number of rotatable bonds is 4. The van der Waals surface area contributed by atoms with E-state index in [9.17, 15) is 15.2 Å². The van der Waals surface area contributed by atoms with Crippen LogP contribution in [0.1, 0.15) is 13.8 Å². The first-order chi connectivity index (χ1) is 9.38. The Labute approximate surface area is 116 Å². The number of pyridine rings is 1. The van der Waals surface area contributed by atoms with Gasteiger partial charge in [0.1, 0.15) is 5.52 Å². The van der Waals surface area contributed by atoms with E-state index >= 15 is 0 Å². The third-order valence-corrected chi connectivity index (χ3v) is 3.58. The summed E-state index contributed by atoms with van der Waals surface area (Å²) in [5, 5.41) is 21.2. The first-order valence-electron chi connectivity index (χ1n) is 6.25. The van der Waals surface area contributed by atoms with Gasteiger partial charge in [-0.3, -0.25) is 10.1 Å². The van der Waals surface area contributed by atoms with Gasteiger partial charge in [-0.2, -0.15) is 0 Å². The molecule has 0 aliphatic carbocycles. The van der Waals surface area contributed by atoms with Gasteiger partial charge in [-0.25, -0.2) is 4.98 Å². The van der Waals surface area contributed by atoms with Crippen LogP contribution in [0.3, 0.4) is 0 Å². The molecule has 6 heteroatoms. The van der Waals surface area contributed by atoms with E-state index < -0.39 is 10.5 Å². The number of benzene rings is 1. The minimum atomic E-state index is -0.473. The molecule has 0 saturated heterocycles. The maximum atomic E-state index is 11.1. The van der Waals surface area contributed by atoms with Gasteiger partial charge in [0.05, 0.1) is 17.1 Å². The Morgan fingerprint density at radius 1 is 1.40 bits per heavy atom. The standard InChI is InChI=1S/C14H17N3O3/c1-14(2,9-18)16(3)11-7-8-15-13-10(11)5-4-6-12(13)17(19)20/h4-8,18H,9H2,1-3H3. The van der Waals surface area contributed by atoms with Gasteiger partial charge in [0, 0.05) is 30.4 Å². The van der Waals surface area contributed by atoms with Crippen molar-refractivity contribution in [2.24, 2.45) is 0 Å². The highest BCUT2D eigenvalue weighted by Crippen LogP contribution is 2.32. The second kappa shape index (κ2) is 5.05. The van der Waals surface area contributed by atoms with Crippen LogP contribution in [0.2, 0.25) is 0 Å². The van der Waals surface area contributed by atoms with Crippen LogP contribution in [-0.4, -0.2) is 34.2 Å². The molecule has 0 fully saturated rings. The highest BCUT2D eigenvalue weighted by molar-refractivity contribution is 5.96. The van der Waals surface area contributed by atoms with Crippen LogP contribution in [0.15, 0.2) is 30.5 Å². The lowest BCUT2D eigenvalue weighted by Gasteiger charge is -2.36. The molecule has 2 rings (SSSR count). The van der Waals surface area contributed by atoms with Gasteiger partial charge in [-0.15, -0.1) is 0 Å². The number of likely N-dealkylation sites (N-methyl/N-ethyl adjacent to an activating group) is 1. The van der Waals surface area contributed by atoms with Gasteiger partial charge >= 0.3 is 0 Å². The first kappa shape index (κ1) is 14.2. The van der Waals surface area contributed by atoms with Gasteiger partial charge < -0.3 is 10.0 Å². The molecule has 1 aromatic carbocycles. The van der Waals surface area contributed by atoms with E-state index in [1.54, 1.807) is 24.4 Å². The summed E-state index contributed by atoms with van der Waals surface area (Å²) >= 11 is 0. The number of nitro benzene ring substituents is 1. The number of non-ortho nitro benzene ring substituents is 1. The van der Waals surface area contributed by atoms with Crippen molar-refractivity contribution in [3.8, 4) is 0 Å². The molecule has 0 radical (unpaired) electrons. The number of para-hydroxylation sites is 1. The minimum absolute atomic E-state index is 0.0143. The number of aliphatic hydroxyl groups excluding tert-OH is 1. The van der Waals surface area contributed by atoms with Gasteiger partial charge in [0.25, 0.3) is 5.69 Å². The summed E-state index contributed by atoms with van der Waals surface area (Å²) in [4.78, 5) is 16.7. The Balaban J connectivity index is 2.67. The summed E-state index contributed by atoms with van der Waals surface area (Å²) in [5.41, 5.74) is 0.673. The number of aliphatic hydroxyl groups is 1. The van der Waals surface area contributed by atoms with Crippen LogP contribution >= 0.6 is 0 Å². The zero-order valence-electron chi connectivity index (χ0n) is 11.7. The van der Waals surface area contributed by atoms with Crippen molar-refractivity contribution >= 4 is 22.3 Å². The topological polar surface area (TPSA) is 79.5 Å². The molecular formula is C14H17N3O3. The molecule has 0 amide bonds. The van der Waals surface area contributed by atoms with E-state index in [1.807, 2.05) is 25.8 Å². The summed E-state index contributed by atoms with van der Waals surface area (Å²) in [6.07, 6.45) is 1.55. The van der Waals surface area contributed by atoms with Crippen LogP contribution in [-0.2, 0) is 0 Å². The molecule has 0 saturated carbocycles. The third kappa shape index (κ3) is 2.30. The van der Waals surface area contributed by atoms with Crippen molar-refractivity contribution in [2.75, 3.05) is 18.6 Å². The quantitative estimate of drug-likeness (QED) is 0.684. The van der Waals surface area contributed by atoms with Gasteiger partial charge in [-0.05, 0) is 19.9 Å². The lowest BCUT2D eigenvalue weighted by atomic mass is 10.0. The smallest absolute Gasteiger partial charge is 0.295 e. The number of aromatic nitrogens is 1. The number of hydrogen-bond donors (Lipinski definition) is 1. The average molecular weight is 275 g/mol. The predicted octanol–water partition coefficient (Wildman–Crippen LogP) is 2.35. The number of nitro groups is 1. The molecule has 0 aliphatic heterocycles. The van der Waals surface area contributed by atoms with Crippen LogP contribution in [0.4, 0.5) is 11.4 Å². The lowest BCUT2D eigenvalue weighted by molar-refractivity contribution is -0.383. The van der Waals surface area contributed by atoms with Crippen molar-refractivity contribution < 1.29 is 10.0 Å². The van der Waals surface area contributed by atoms with Crippen molar-refractivity contribution in [1.29, 1.82) is 0 Å². The molecule has 1 N–H and O–H groups in total. The van der Waals surface area contributed by atoms with E-state index in [0.29, 0.717) is 10.9 Å². The summed E-state index contributed by atoms with van der Waals surface area (Å²) in [6, 6.07) is 6.68. The van der Waals surface area contributed by atoms with Crippen molar-refractivity contribution in [3.05, 3.63) is 40.6 Å². The lowest BCUT2D eigenvalue weighted by Crippen LogP contribution is -2.44. The molecule has 6 nitrogen and oxygen atoms in total. The van der Waals surface area contributed by atoms with Crippen LogP contribution in [0.25, 0.3) is 10.9 Å². The van der Waals surface area contributed by atoms with Gasteiger partial charge in [-0.1, -0.05) is 12.1 Å². The largest absolute Gasteiger partial charge is 0.394 e. The maximum absolute atomic E-state index is 11.1. The van der Waals surface area contributed by atoms with Crippen LogP contribution in [0, 0.1) is 10.1 Å². The van der Waals surface area contributed by atoms with Gasteiger partial charge in [0.15, 0.2) is 0 Å². The molecular weight excluding hydrogens is 258 g/mol. The summed E-state index contributed by atoms with van der Waals surface area (Å²) in [7, 11) is 1.85. The zero-order valence-corrected chi connectivity index (χ0v) is 11.7. The monoisotopic (exact) mass is 275 g/mol. The fourth-order valence-corrected chi connectivity index (χ4v) is 2.02. The number of fused-ring (bicyclic) bond motifs is 1. The summed E-state index contributed by atoms with van der Waals surface area (Å²) < 4.78 is 0. The number of nitrogens with zero attached hydrogens (tertiary/aromatic N) is 3. The first-order valence-corrected chi connectivity index (χ1v) is 6.25. The molecule has 2 aromatic rings. The molecule has 106 valence electrons. The molecule has 0 aliphatic rings. The maximum Gasteiger partial charge on any atom is 0.295 e. The van der Waals surface area contributed by atoms with Crippen LogP contribution < -0.4 is 4.90 Å². The van der Waals surface area contributed by atoms with E-state index in [-0.39, 0.29) is 12.3 Å². The second-order valence-electron chi connectivity index (χ2n) is 5.29.